The normalized spacial score (nSPS) is 23.1. The van der Waals surface area contributed by atoms with E-state index < -0.39 is 5.82 Å². The summed E-state index contributed by atoms with van der Waals surface area (Å²) in [5.74, 6) is 1.07. The highest BCUT2D eigenvalue weighted by atomic mass is 32.1. The minimum atomic E-state index is -0.492. The molecule has 2 aliphatic rings. The number of aromatic nitrogens is 2. The molecule has 0 amide bonds. The van der Waals surface area contributed by atoms with E-state index in [-0.39, 0.29) is 10.5 Å². The number of halogens is 2. The van der Waals surface area contributed by atoms with E-state index in [1.54, 1.807) is 12.1 Å². The van der Waals surface area contributed by atoms with Crippen LogP contribution in [0.2, 0.25) is 0 Å². The fourth-order valence-corrected chi connectivity index (χ4v) is 4.01. The summed E-state index contributed by atoms with van der Waals surface area (Å²) in [6.07, 6.45) is 3.35. The number of H-pyrrole nitrogens is 1. The number of aromatic amines is 1. The second kappa shape index (κ2) is 7.90. The van der Waals surface area contributed by atoms with Gasteiger partial charge in [0.15, 0.2) is 5.82 Å². The molecule has 2 saturated heterocycles. The van der Waals surface area contributed by atoms with Gasteiger partial charge in [-0.15, -0.1) is 0 Å². The van der Waals surface area contributed by atoms with Crippen molar-refractivity contribution in [2.45, 2.75) is 18.9 Å². The van der Waals surface area contributed by atoms with E-state index in [2.05, 4.69) is 19.8 Å². The van der Waals surface area contributed by atoms with Gasteiger partial charge in [-0.25, -0.2) is 13.8 Å². The third-order valence-corrected chi connectivity index (χ3v) is 5.64. The number of piperazine rings is 1. The molecular formula is C19H22F2N4OS. The molecule has 2 atom stereocenters. The van der Waals surface area contributed by atoms with Crippen LogP contribution in [0.5, 0.6) is 5.75 Å². The monoisotopic (exact) mass is 392 g/mol. The molecule has 3 heterocycles. The number of anilines is 1. The molecule has 1 aromatic heterocycles. The van der Waals surface area contributed by atoms with Gasteiger partial charge in [0.25, 0.3) is 0 Å². The van der Waals surface area contributed by atoms with Gasteiger partial charge in [-0.2, -0.15) is 0 Å². The SMILES string of the molecule is Fc1ccc(OC[C@@H]2CCC3CN(c4ncc(F)c(=S)[nH]4)CCN3C2)cc1. The highest BCUT2D eigenvalue weighted by Gasteiger charge is 2.33. The number of nitrogens with zero attached hydrogens (tertiary/aromatic N) is 3. The average molecular weight is 392 g/mol. The second-order valence-electron chi connectivity index (χ2n) is 7.19. The topological polar surface area (TPSA) is 44.4 Å². The Balaban J connectivity index is 1.31. The zero-order valence-corrected chi connectivity index (χ0v) is 15.7. The molecule has 27 heavy (non-hydrogen) atoms. The summed E-state index contributed by atoms with van der Waals surface area (Å²) in [6, 6.07) is 6.62. The third kappa shape index (κ3) is 4.27. The Morgan fingerprint density at radius 3 is 2.74 bits per heavy atom. The number of piperidine rings is 1. The van der Waals surface area contributed by atoms with Crippen molar-refractivity contribution in [3.8, 4) is 5.75 Å². The van der Waals surface area contributed by atoms with Crippen molar-refractivity contribution in [1.82, 2.24) is 14.9 Å². The Morgan fingerprint density at radius 2 is 1.96 bits per heavy atom. The van der Waals surface area contributed by atoms with Gasteiger partial charge in [-0.05, 0) is 37.1 Å². The largest absolute Gasteiger partial charge is 0.493 e. The lowest BCUT2D eigenvalue weighted by atomic mass is 9.91. The summed E-state index contributed by atoms with van der Waals surface area (Å²) >= 11 is 4.97. The number of nitrogens with one attached hydrogen (secondary N) is 1. The fourth-order valence-electron chi connectivity index (χ4n) is 3.86. The van der Waals surface area contributed by atoms with Gasteiger partial charge in [0, 0.05) is 38.1 Å². The molecule has 2 fully saturated rings. The Kier molecular flexibility index (Phi) is 5.36. The second-order valence-corrected chi connectivity index (χ2v) is 7.60. The summed E-state index contributed by atoms with van der Waals surface area (Å²) in [4.78, 5) is 11.7. The van der Waals surface area contributed by atoms with Crippen LogP contribution in [0, 0.1) is 22.2 Å². The number of benzene rings is 1. The van der Waals surface area contributed by atoms with Crippen LogP contribution in [0.3, 0.4) is 0 Å². The summed E-state index contributed by atoms with van der Waals surface area (Å²) in [6.45, 7) is 4.25. The van der Waals surface area contributed by atoms with Crippen LogP contribution in [0.25, 0.3) is 0 Å². The molecule has 4 rings (SSSR count). The van der Waals surface area contributed by atoms with Crippen LogP contribution in [-0.4, -0.2) is 53.7 Å². The highest BCUT2D eigenvalue weighted by molar-refractivity contribution is 7.71. The number of fused-ring (bicyclic) bond motifs is 1. The van der Waals surface area contributed by atoms with Gasteiger partial charge in [0.05, 0.1) is 12.8 Å². The average Bonchev–Trinajstić information content (AvgIpc) is 2.69. The molecule has 144 valence electrons. The molecule has 1 aromatic carbocycles. The van der Waals surface area contributed by atoms with Crippen molar-refractivity contribution in [3.63, 3.8) is 0 Å². The summed E-state index contributed by atoms with van der Waals surface area (Å²) in [5, 5.41) is 0. The maximum absolute atomic E-state index is 13.3. The van der Waals surface area contributed by atoms with Crippen molar-refractivity contribution in [2.75, 3.05) is 37.7 Å². The van der Waals surface area contributed by atoms with Crippen molar-refractivity contribution < 1.29 is 13.5 Å². The van der Waals surface area contributed by atoms with Crippen LogP contribution >= 0.6 is 12.2 Å². The zero-order chi connectivity index (χ0) is 18.8. The molecule has 0 spiro atoms. The zero-order valence-electron chi connectivity index (χ0n) is 14.9. The molecule has 0 aliphatic carbocycles. The maximum atomic E-state index is 13.3. The third-order valence-electron chi connectivity index (χ3n) is 5.35. The van der Waals surface area contributed by atoms with Crippen molar-refractivity contribution in [2.24, 2.45) is 5.92 Å². The molecular weight excluding hydrogens is 370 g/mol. The van der Waals surface area contributed by atoms with Crippen molar-refractivity contribution in [1.29, 1.82) is 0 Å². The van der Waals surface area contributed by atoms with E-state index in [1.165, 1.54) is 18.3 Å². The smallest absolute Gasteiger partial charge is 0.204 e. The van der Waals surface area contributed by atoms with Gasteiger partial charge in [0.2, 0.25) is 5.95 Å². The maximum Gasteiger partial charge on any atom is 0.204 e. The minimum Gasteiger partial charge on any atom is -0.493 e. The molecule has 5 nitrogen and oxygen atoms in total. The predicted octanol–water partition coefficient (Wildman–Crippen LogP) is 3.40. The van der Waals surface area contributed by atoms with E-state index >= 15 is 0 Å². The van der Waals surface area contributed by atoms with Crippen LogP contribution < -0.4 is 9.64 Å². The fraction of sp³-hybridized carbons (Fsp3) is 0.474. The molecule has 1 unspecified atom stereocenters. The number of ether oxygens (including phenoxy) is 1. The van der Waals surface area contributed by atoms with Gasteiger partial charge in [0.1, 0.15) is 16.2 Å². The Morgan fingerprint density at radius 1 is 1.15 bits per heavy atom. The first kappa shape index (κ1) is 18.3. The minimum absolute atomic E-state index is 0.101. The molecule has 2 aliphatic heterocycles. The van der Waals surface area contributed by atoms with Gasteiger partial charge < -0.3 is 14.6 Å². The van der Waals surface area contributed by atoms with E-state index in [4.69, 9.17) is 17.0 Å². The molecule has 0 saturated carbocycles. The Labute approximate surface area is 162 Å². The molecule has 0 radical (unpaired) electrons. The summed E-state index contributed by atoms with van der Waals surface area (Å²) in [5.41, 5.74) is 0. The molecule has 8 heteroatoms. The lowest BCUT2D eigenvalue weighted by Gasteiger charge is -2.46. The van der Waals surface area contributed by atoms with E-state index in [1.807, 2.05) is 0 Å². The number of hydrogen-bond acceptors (Lipinski definition) is 5. The first-order chi connectivity index (χ1) is 13.1. The standard InChI is InChI=1S/C19H22F2N4OS/c20-14-2-5-16(6-3-14)26-12-13-1-4-15-11-25(8-7-24(15)10-13)19-22-9-17(21)18(27)23-19/h2-3,5-6,9,13,15H,1,4,7-8,10-12H2,(H,22,23,27)/t13-,15?/m1/s1. The first-order valence-corrected chi connectivity index (χ1v) is 9.61. The quantitative estimate of drug-likeness (QED) is 0.808. The molecule has 1 N–H and O–H groups in total. The lowest BCUT2D eigenvalue weighted by Crippen LogP contribution is -2.57. The molecule has 2 aromatic rings. The molecule has 0 bridgehead atoms. The van der Waals surface area contributed by atoms with Gasteiger partial charge in [-0.3, -0.25) is 4.90 Å². The number of hydrogen-bond donors (Lipinski definition) is 1. The van der Waals surface area contributed by atoms with Gasteiger partial charge in [-0.1, -0.05) is 12.2 Å². The van der Waals surface area contributed by atoms with E-state index in [9.17, 15) is 8.78 Å². The van der Waals surface area contributed by atoms with E-state index in [0.29, 0.717) is 30.3 Å². The van der Waals surface area contributed by atoms with Crippen LogP contribution in [0.1, 0.15) is 12.8 Å². The summed E-state index contributed by atoms with van der Waals surface area (Å²) < 4.78 is 32.2. The number of rotatable bonds is 4. The predicted molar refractivity (Wildman–Crippen MR) is 102 cm³/mol. The van der Waals surface area contributed by atoms with Crippen LogP contribution in [0.15, 0.2) is 30.5 Å². The van der Waals surface area contributed by atoms with Crippen LogP contribution in [0.4, 0.5) is 14.7 Å². The Hall–Kier alpha value is -2.06. The van der Waals surface area contributed by atoms with Gasteiger partial charge >= 0.3 is 0 Å². The van der Waals surface area contributed by atoms with Crippen LogP contribution in [-0.2, 0) is 0 Å². The highest BCUT2D eigenvalue weighted by Crippen LogP contribution is 2.27. The lowest BCUT2D eigenvalue weighted by molar-refractivity contribution is 0.0725. The van der Waals surface area contributed by atoms with Crippen molar-refractivity contribution >= 4 is 18.2 Å². The Bertz CT molecular complexity index is 844. The van der Waals surface area contributed by atoms with E-state index in [0.717, 1.165) is 39.0 Å². The summed E-state index contributed by atoms with van der Waals surface area (Å²) in [7, 11) is 0. The first-order valence-electron chi connectivity index (χ1n) is 9.20. The van der Waals surface area contributed by atoms with Crippen molar-refractivity contribution in [3.05, 3.63) is 46.7 Å².